The highest BCUT2D eigenvalue weighted by atomic mass is 32.2. The Labute approximate surface area is 196 Å². The molecule has 3 aromatic rings. The summed E-state index contributed by atoms with van der Waals surface area (Å²) in [6, 6.07) is 16.2. The second-order valence-corrected chi connectivity index (χ2v) is 9.63. The van der Waals surface area contributed by atoms with Gasteiger partial charge in [-0.3, -0.25) is 10.1 Å². The second-order valence-electron chi connectivity index (χ2n) is 7.76. The third kappa shape index (κ3) is 4.86. The average Bonchev–Trinajstić information content (AvgIpc) is 3.30. The molecular weight excluding hydrogens is 460 g/mol. The van der Waals surface area contributed by atoms with E-state index in [0.29, 0.717) is 15.6 Å². The first-order valence-corrected chi connectivity index (χ1v) is 12.0. The standard InChI is InChI=1S/C24H22N2O7S/c1-32-21-11-13-23(14-12-21)34(30,31)25(16-17-5-8-20(9-6-17)26(28)29)24(27)33-22-10-7-18-3-2-4-19(18)15-22/h5-15H,2-4,16H2,1H3. The van der Waals surface area contributed by atoms with Gasteiger partial charge in [-0.25, -0.2) is 13.2 Å². The van der Waals surface area contributed by atoms with Gasteiger partial charge in [0.15, 0.2) is 0 Å². The number of fused-ring (bicyclic) bond motifs is 1. The smallest absolute Gasteiger partial charge is 0.429 e. The summed E-state index contributed by atoms with van der Waals surface area (Å²) < 4.78 is 38.0. The van der Waals surface area contributed by atoms with E-state index in [1.165, 1.54) is 61.2 Å². The minimum absolute atomic E-state index is 0.124. The van der Waals surface area contributed by atoms with Crippen LogP contribution in [-0.2, 0) is 29.4 Å². The van der Waals surface area contributed by atoms with E-state index in [1.54, 1.807) is 12.1 Å². The number of aryl methyl sites for hydroxylation is 2. The lowest BCUT2D eigenvalue weighted by Crippen LogP contribution is -2.38. The van der Waals surface area contributed by atoms with Crippen LogP contribution >= 0.6 is 0 Å². The van der Waals surface area contributed by atoms with E-state index in [9.17, 15) is 23.3 Å². The van der Waals surface area contributed by atoms with Gasteiger partial charge >= 0.3 is 6.09 Å². The summed E-state index contributed by atoms with van der Waals surface area (Å²) >= 11 is 0. The van der Waals surface area contributed by atoms with Crippen molar-refractivity contribution in [3.8, 4) is 11.5 Å². The highest BCUT2D eigenvalue weighted by Gasteiger charge is 2.32. The topological polar surface area (TPSA) is 116 Å². The second kappa shape index (κ2) is 9.52. The quantitative estimate of drug-likeness (QED) is 0.360. The molecule has 176 valence electrons. The lowest BCUT2D eigenvalue weighted by Gasteiger charge is -2.22. The molecule has 3 aromatic carbocycles. The van der Waals surface area contributed by atoms with Crippen molar-refractivity contribution in [1.29, 1.82) is 0 Å². The molecule has 0 bridgehead atoms. The van der Waals surface area contributed by atoms with E-state index >= 15 is 0 Å². The first-order chi connectivity index (χ1) is 16.3. The number of benzene rings is 3. The molecule has 0 heterocycles. The number of ether oxygens (including phenoxy) is 2. The summed E-state index contributed by atoms with van der Waals surface area (Å²) in [6.45, 7) is -0.365. The largest absolute Gasteiger partial charge is 0.497 e. The maximum absolute atomic E-state index is 13.4. The maximum Gasteiger partial charge on any atom is 0.429 e. The zero-order valence-corrected chi connectivity index (χ0v) is 19.2. The van der Waals surface area contributed by atoms with Crippen molar-refractivity contribution in [3.05, 3.63) is 93.5 Å². The van der Waals surface area contributed by atoms with Crippen LogP contribution in [0.2, 0.25) is 0 Å². The van der Waals surface area contributed by atoms with Crippen LogP contribution < -0.4 is 9.47 Å². The molecule has 0 unspecified atom stereocenters. The minimum Gasteiger partial charge on any atom is -0.497 e. The molecule has 0 radical (unpaired) electrons. The van der Waals surface area contributed by atoms with Crippen molar-refractivity contribution >= 4 is 21.8 Å². The minimum atomic E-state index is -4.31. The zero-order chi connectivity index (χ0) is 24.3. The molecule has 1 aliphatic rings. The van der Waals surface area contributed by atoms with E-state index in [2.05, 4.69) is 0 Å². The van der Waals surface area contributed by atoms with Crippen molar-refractivity contribution in [1.82, 2.24) is 4.31 Å². The summed E-state index contributed by atoms with van der Waals surface area (Å²) in [6.07, 6.45) is 1.77. The number of hydrogen-bond acceptors (Lipinski definition) is 7. The van der Waals surface area contributed by atoms with Gasteiger partial charge in [0.25, 0.3) is 15.7 Å². The molecule has 4 rings (SSSR count). The average molecular weight is 483 g/mol. The molecule has 0 N–H and O–H groups in total. The van der Waals surface area contributed by atoms with Gasteiger partial charge in [0, 0.05) is 12.1 Å². The van der Waals surface area contributed by atoms with E-state index in [4.69, 9.17) is 9.47 Å². The van der Waals surface area contributed by atoms with Crippen LogP contribution in [0.1, 0.15) is 23.1 Å². The van der Waals surface area contributed by atoms with Gasteiger partial charge < -0.3 is 9.47 Å². The molecule has 0 spiro atoms. The highest BCUT2D eigenvalue weighted by molar-refractivity contribution is 7.89. The Morgan fingerprint density at radius 2 is 1.62 bits per heavy atom. The molecule has 1 aliphatic carbocycles. The van der Waals surface area contributed by atoms with Gasteiger partial charge in [0.05, 0.1) is 23.5 Å². The van der Waals surface area contributed by atoms with Crippen molar-refractivity contribution in [2.75, 3.05) is 7.11 Å². The molecule has 0 saturated heterocycles. The van der Waals surface area contributed by atoms with E-state index in [1.807, 2.05) is 6.07 Å². The fraction of sp³-hybridized carbons (Fsp3) is 0.208. The Morgan fingerprint density at radius 3 is 2.26 bits per heavy atom. The van der Waals surface area contributed by atoms with E-state index in [-0.39, 0.29) is 22.9 Å². The number of carbonyl (C=O) groups excluding carboxylic acids is 1. The van der Waals surface area contributed by atoms with Gasteiger partial charge in [-0.15, -0.1) is 0 Å². The predicted molar refractivity (Wildman–Crippen MR) is 123 cm³/mol. The molecule has 9 nitrogen and oxygen atoms in total. The van der Waals surface area contributed by atoms with E-state index < -0.39 is 21.0 Å². The normalized spacial score (nSPS) is 12.6. The number of hydrogen-bond donors (Lipinski definition) is 0. The third-order valence-corrected chi connectivity index (χ3v) is 7.33. The van der Waals surface area contributed by atoms with Gasteiger partial charge in [0.2, 0.25) is 0 Å². The summed E-state index contributed by atoms with van der Waals surface area (Å²) in [4.78, 5) is 23.4. The number of nitro groups is 1. The Hall–Kier alpha value is -3.92. The molecule has 0 atom stereocenters. The maximum atomic E-state index is 13.4. The van der Waals surface area contributed by atoms with Gasteiger partial charge in [-0.2, -0.15) is 4.31 Å². The van der Waals surface area contributed by atoms with Crippen molar-refractivity contribution in [2.45, 2.75) is 30.7 Å². The van der Waals surface area contributed by atoms with Crippen molar-refractivity contribution in [2.24, 2.45) is 0 Å². The molecule has 0 aromatic heterocycles. The monoisotopic (exact) mass is 482 g/mol. The number of carbonyl (C=O) groups is 1. The number of nitrogens with zero attached hydrogens (tertiary/aromatic N) is 2. The third-order valence-electron chi connectivity index (χ3n) is 5.60. The number of rotatable bonds is 7. The molecule has 0 saturated carbocycles. The fourth-order valence-corrected chi connectivity index (χ4v) is 5.06. The first kappa shape index (κ1) is 23.2. The number of methoxy groups -OCH3 is 1. The van der Waals surface area contributed by atoms with E-state index in [0.717, 1.165) is 24.8 Å². The van der Waals surface area contributed by atoms with Gasteiger partial charge in [-0.05, 0) is 72.4 Å². The number of nitro benzene ring substituents is 1. The molecule has 1 amide bonds. The highest BCUT2D eigenvalue weighted by Crippen LogP contribution is 2.28. The Balaban J connectivity index is 1.65. The van der Waals surface area contributed by atoms with Crippen molar-refractivity contribution in [3.63, 3.8) is 0 Å². The summed E-state index contributed by atoms with van der Waals surface area (Å²) in [7, 11) is -2.86. The summed E-state index contributed by atoms with van der Waals surface area (Å²) in [5, 5.41) is 10.9. The van der Waals surface area contributed by atoms with Gasteiger partial charge in [-0.1, -0.05) is 18.2 Å². The molecular formula is C24H22N2O7S. The van der Waals surface area contributed by atoms with Crippen LogP contribution in [0.4, 0.5) is 10.5 Å². The van der Waals surface area contributed by atoms with Crippen LogP contribution in [-0.4, -0.2) is 30.8 Å². The lowest BCUT2D eigenvalue weighted by atomic mass is 10.1. The first-order valence-electron chi connectivity index (χ1n) is 10.5. The molecule has 0 aliphatic heterocycles. The number of non-ortho nitro benzene ring substituents is 1. The summed E-state index contributed by atoms with van der Waals surface area (Å²) in [5.74, 6) is 0.714. The Kier molecular flexibility index (Phi) is 6.51. The van der Waals surface area contributed by atoms with Crippen LogP contribution in [0, 0.1) is 10.1 Å². The predicted octanol–water partition coefficient (Wildman–Crippen LogP) is 4.48. The van der Waals surface area contributed by atoms with Crippen molar-refractivity contribution < 1.29 is 27.6 Å². The molecule has 10 heteroatoms. The van der Waals surface area contributed by atoms with Crippen LogP contribution in [0.3, 0.4) is 0 Å². The summed E-state index contributed by atoms with van der Waals surface area (Å²) in [5.41, 5.74) is 2.50. The SMILES string of the molecule is COc1ccc(S(=O)(=O)N(Cc2ccc([N+](=O)[O-])cc2)C(=O)Oc2ccc3c(c2)CCC3)cc1. The van der Waals surface area contributed by atoms with Crippen LogP contribution in [0.15, 0.2) is 71.6 Å². The molecule has 0 fully saturated rings. The zero-order valence-electron chi connectivity index (χ0n) is 18.3. The number of sulfonamides is 1. The van der Waals surface area contributed by atoms with Crippen LogP contribution in [0.5, 0.6) is 11.5 Å². The molecule has 34 heavy (non-hydrogen) atoms. The lowest BCUT2D eigenvalue weighted by molar-refractivity contribution is -0.384. The van der Waals surface area contributed by atoms with Gasteiger partial charge in [0.1, 0.15) is 11.5 Å². The van der Waals surface area contributed by atoms with Crippen LogP contribution in [0.25, 0.3) is 0 Å². The Morgan fingerprint density at radius 1 is 0.971 bits per heavy atom. The number of amides is 1. The Bertz CT molecular complexity index is 1320. The fourth-order valence-electron chi connectivity index (χ4n) is 3.77.